The SMILES string of the molecule is CC(C)C(Cc1cccc2ccccc12)NCCN. The smallest absolute Gasteiger partial charge is 0.0131 e. The lowest BCUT2D eigenvalue weighted by Crippen LogP contribution is -2.38. The Morgan fingerprint density at radius 1 is 1.05 bits per heavy atom. The fourth-order valence-corrected chi connectivity index (χ4v) is 2.52. The van der Waals surface area contributed by atoms with Crippen molar-refractivity contribution in [2.24, 2.45) is 11.7 Å². The summed E-state index contributed by atoms with van der Waals surface area (Å²) in [6, 6.07) is 15.6. The van der Waals surface area contributed by atoms with Gasteiger partial charge in [0.15, 0.2) is 0 Å². The van der Waals surface area contributed by atoms with Gasteiger partial charge in [-0.25, -0.2) is 0 Å². The van der Waals surface area contributed by atoms with Crippen molar-refractivity contribution in [3.63, 3.8) is 0 Å². The van der Waals surface area contributed by atoms with Crippen LogP contribution in [-0.2, 0) is 6.42 Å². The zero-order valence-corrected chi connectivity index (χ0v) is 11.9. The molecular weight excluding hydrogens is 232 g/mol. The molecule has 0 radical (unpaired) electrons. The molecule has 2 aromatic rings. The van der Waals surface area contributed by atoms with Crippen molar-refractivity contribution in [2.45, 2.75) is 26.3 Å². The van der Waals surface area contributed by atoms with E-state index in [1.807, 2.05) is 0 Å². The van der Waals surface area contributed by atoms with Crippen LogP contribution in [0.15, 0.2) is 42.5 Å². The van der Waals surface area contributed by atoms with E-state index in [0.717, 1.165) is 13.0 Å². The molecule has 0 aliphatic carbocycles. The van der Waals surface area contributed by atoms with E-state index in [-0.39, 0.29) is 0 Å². The Kier molecular flexibility index (Phi) is 4.94. The highest BCUT2D eigenvalue weighted by atomic mass is 14.9. The second-order valence-corrected chi connectivity index (χ2v) is 5.44. The normalized spacial score (nSPS) is 13.1. The second kappa shape index (κ2) is 6.69. The summed E-state index contributed by atoms with van der Waals surface area (Å²) in [5, 5.41) is 6.24. The van der Waals surface area contributed by atoms with Crippen LogP contribution >= 0.6 is 0 Å². The quantitative estimate of drug-likeness (QED) is 0.834. The molecule has 0 saturated carbocycles. The van der Waals surface area contributed by atoms with Crippen LogP contribution in [0.3, 0.4) is 0 Å². The van der Waals surface area contributed by atoms with Crippen LogP contribution in [0.1, 0.15) is 19.4 Å². The molecule has 102 valence electrons. The van der Waals surface area contributed by atoms with Crippen molar-refractivity contribution in [1.29, 1.82) is 0 Å². The number of hydrogen-bond donors (Lipinski definition) is 2. The van der Waals surface area contributed by atoms with E-state index in [9.17, 15) is 0 Å². The number of nitrogens with two attached hydrogens (primary N) is 1. The summed E-state index contributed by atoms with van der Waals surface area (Å²) in [6.45, 7) is 6.10. The molecule has 2 aromatic carbocycles. The Hall–Kier alpha value is -1.38. The first-order valence-electron chi connectivity index (χ1n) is 7.12. The number of hydrogen-bond acceptors (Lipinski definition) is 2. The highest BCUT2D eigenvalue weighted by Gasteiger charge is 2.14. The third-order valence-corrected chi connectivity index (χ3v) is 3.68. The fraction of sp³-hybridized carbons (Fsp3) is 0.412. The van der Waals surface area contributed by atoms with Crippen LogP contribution < -0.4 is 11.1 Å². The topological polar surface area (TPSA) is 38.0 Å². The van der Waals surface area contributed by atoms with Gasteiger partial charge in [-0.2, -0.15) is 0 Å². The molecule has 0 heterocycles. The molecule has 0 aliphatic rings. The minimum atomic E-state index is 0.481. The Labute approximate surface area is 116 Å². The molecule has 0 amide bonds. The van der Waals surface area contributed by atoms with Gasteiger partial charge in [0, 0.05) is 19.1 Å². The Morgan fingerprint density at radius 2 is 1.79 bits per heavy atom. The number of benzene rings is 2. The average Bonchev–Trinajstić information content (AvgIpc) is 2.43. The van der Waals surface area contributed by atoms with Gasteiger partial charge in [-0.15, -0.1) is 0 Å². The van der Waals surface area contributed by atoms with E-state index in [4.69, 9.17) is 5.73 Å². The predicted octanol–water partition coefficient (Wildman–Crippen LogP) is 2.96. The van der Waals surface area contributed by atoms with Crippen LogP contribution in [0.25, 0.3) is 10.8 Å². The van der Waals surface area contributed by atoms with E-state index in [2.05, 4.69) is 61.6 Å². The van der Waals surface area contributed by atoms with Crippen LogP contribution in [0.5, 0.6) is 0 Å². The van der Waals surface area contributed by atoms with E-state index in [1.54, 1.807) is 0 Å². The molecule has 3 N–H and O–H groups in total. The van der Waals surface area contributed by atoms with Gasteiger partial charge in [0.05, 0.1) is 0 Å². The first-order valence-corrected chi connectivity index (χ1v) is 7.12. The molecule has 0 aliphatic heterocycles. The van der Waals surface area contributed by atoms with Gasteiger partial charge in [0.2, 0.25) is 0 Å². The van der Waals surface area contributed by atoms with Crippen LogP contribution in [0, 0.1) is 5.92 Å². The maximum atomic E-state index is 5.60. The standard InChI is InChI=1S/C17H24N2/c1-13(2)17(19-11-10-18)12-15-8-5-7-14-6-3-4-9-16(14)15/h3-9,13,17,19H,10-12,18H2,1-2H3. The number of fused-ring (bicyclic) bond motifs is 1. The molecule has 2 rings (SSSR count). The van der Waals surface area contributed by atoms with Crippen molar-refractivity contribution >= 4 is 10.8 Å². The summed E-state index contributed by atoms with van der Waals surface area (Å²) in [6.07, 6.45) is 1.05. The second-order valence-electron chi connectivity index (χ2n) is 5.44. The third kappa shape index (κ3) is 3.55. The van der Waals surface area contributed by atoms with Crippen LogP contribution in [0.4, 0.5) is 0 Å². The summed E-state index contributed by atoms with van der Waals surface area (Å²) in [5.74, 6) is 0.602. The molecule has 1 unspecified atom stereocenters. The lowest BCUT2D eigenvalue weighted by molar-refractivity contribution is 0.402. The predicted molar refractivity (Wildman–Crippen MR) is 83.3 cm³/mol. The molecule has 0 saturated heterocycles. The largest absolute Gasteiger partial charge is 0.329 e. The lowest BCUT2D eigenvalue weighted by Gasteiger charge is -2.23. The summed E-state index contributed by atoms with van der Waals surface area (Å²) in [4.78, 5) is 0. The summed E-state index contributed by atoms with van der Waals surface area (Å²) in [7, 11) is 0. The zero-order chi connectivity index (χ0) is 13.7. The van der Waals surface area contributed by atoms with E-state index < -0.39 is 0 Å². The van der Waals surface area contributed by atoms with Gasteiger partial charge in [0.25, 0.3) is 0 Å². The van der Waals surface area contributed by atoms with Gasteiger partial charge in [-0.05, 0) is 28.7 Å². The van der Waals surface area contributed by atoms with Crippen LogP contribution in [0.2, 0.25) is 0 Å². The van der Waals surface area contributed by atoms with Gasteiger partial charge in [-0.1, -0.05) is 56.3 Å². The minimum Gasteiger partial charge on any atom is -0.329 e. The monoisotopic (exact) mass is 256 g/mol. The molecule has 0 aromatic heterocycles. The molecule has 19 heavy (non-hydrogen) atoms. The molecule has 0 spiro atoms. The third-order valence-electron chi connectivity index (χ3n) is 3.68. The maximum absolute atomic E-state index is 5.60. The van der Waals surface area contributed by atoms with E-state index >= 15 is 0 Å². The molecular formula is C17H24N2. The first-order chi connectivity index (χ1) is 9.22. The minimum absolute atomic E-state index is 0.481. The van der Waals surface area contributed by atoms with Gasteiger partial charge in [-0.3, -0.25) is 0 Å². The van der Waals surface area contributed by atoms with Gasteiger partial charge in [0.1, 0.15) is 0 Å². The highest BCUT2D eigenvalue weighted by molar-refractivity contribution is 5.85. The Bertz CT molecular complexity index is 514. The van der Waals surface area contributed by atoms with Crippen molar-refractivity contribution in [3.8, 4) is 0 Å². The molecule has 0 bridgehead atoms. The number of rotatable bonds is 6. The molecule has 0 fully saturated rings. The van der Waals surface area contributed by atoms with Crippen LogP contribution in [-0.4, -0.2) is 19.1 Å². The van der Waals surface area contributed by atoms with Crippen molar-refractivity contribution in [2.75, 3.05) is 13.1 Å². The summed E-state index contributed by atoms with van der Waals surface area (Å²) >= 11 is 0. The van der Waals surface area contributed by atoms with Crippen molar-refractivity contribution in [3.05, 3.63) is 48.0 Å². The van der Waals surface area contributed by atoms with Crippen molar-refractivity contribution in [1.82, 2.24) is 5.32 Å². The molecule has 2 heteroatoms. The highest BCUT2D eigenvalue weighted by Crippen LogP contribution is 2.21. The van der Waals surface area contributed by atoms with Crippen molar-refractivity contribution < 1.29 is 0 Å². The lowest BCUT2D eigenvalue weighted by atomic mass is 9.93. The fourth-order valence-electron chi connectivity index (χ4n) is 2.52. The van der Waals surface area contributed by atoms with E-state index in [0.29, 0.717) is 18.5 Å². The zero-order valence-electron chi connectivity index (χ0n) is 11.9. The first kappa shape index (κ1) is 14.0. The molecule has 2 nitrogen and oxygen atoms in total. The van der Waals surface area contributed by atoms with E-state index in [1.165, 1.54) is 16.3 Å². The summed E-state index contributed by atoms with van der Waals surface area (Å²) in [5.41, 5.74) is 7.02. The van der Waals surface area contributed by atoms with Gasteiger partial charge < -0.3 is 11.1 Å². The number of nitrogens with one attached hydrogen (secondary N) is 1. The maximum Gasteiger partial charge on any atom is 0.0131 e. The Balaban J connectivity index is 2.23. The molecule has 1 atom stereocenters. The average molecular weight is 256 g/mol. The summed E-state index contributed by atoms with van der Waals surface area (Å²) < 4.78 is 0. The Morgan fingerprint density at radius 3 is 2.53 bits per heavy atom. The van der Waals surface area contributed by atoms with Gasteiger partial charge >= 0.3 is 0 Å².